The maximum atomic E-state index is 10.5. The zero-order valence-electron chi connectivity index (χ0n) is 15.0. The van der Waals surface area contributed by atoms with Crippen LogP contribution in [-0.2, 0) is 13.0 Å². The maximum Gasteiger partial charge on any atom is 0.123 e. The highest BCUT2D eigenvalue weighted by atomic mass is 16.5. The quantitative estimate of drug-likeness (QED) is 0.923. The first-order valence-electron chi connectivity index (χ1n) is 9.45. The first kappa shape index (κ1) is 16.4. The van der Waals surface area contributed by atoms with Crippen LogP contribution in [0, 0.1) is 0 Å². The summed E-state index contributed by atoms with van der Waals surface area (Å²) in [5, 5.41) is 10.5. The lowest BCUT2D eigenvalue weighted by Crippen LogP contribution is -2.45. The molecule has 0 aliphatic carbocycles. The second-order valence-electron chi connectivity index (χ2n) is 8.41. The summed E-state index contributed by atoms with van der Waals surface area (Å²) in [5.74, 6) is 1.04. The van der Waals surface area contributed by atoms with Crippen molar-refractivity contribution in [2.75, 3.05) is 26.2 Å². The van der Waals surface area contributed by atoms with Crippen molar-refractivity contribution >= 4 is 0 Å². The van der Waals surface area contributed by atoms with E-state index in [2.05, 4.69) is 41.8 Å². The van der Waals surface area contributed by atoms with E-state index in [9.17, 15) is 5.11 Å². The molecule has 24 heavy (non-hydrogen) atoms. The predicted molar refractivity (Wildman–Crippen MR) is 95.3 cm³/mol. The lowest BCUT2D eigenvalue weighted by molar-refractivity contribution is 0.0706. The Hall–Kier alpha value is -1.10. The Morgan fingerprint density at radius 1 is 1.17 bits per heavy atom. The molecule has 3 heterocycles. The molecule has 3 aliphatic rings. The normalized spacial score (nSPS) is 30.3. The summed E-state index contributed by atoms with van der Waals surface area (Å²) in [4.78, 5) is 4.92. The van der Waals surface area contributed by atoms with E-state index in [0.717, 1.165) is 44.9 Å². The third-order valence-corrected chi connectivity index (χ3v) is 5.73. The molecule has 0 radical (unpaired) electrons. The fraction of sp³-hybridized carbons (Fsp3) is 0.700. The van der Waals surface area contributed by atoms with Gasteiger partial charge in [-0.1, -0.05) is 18.6 Å². The average molecular weight is 330 g/mol. The van der Waals surface area contributed by atoms with Gasteiger partial charge in [0.05, 0.1) is 6.10 Å². The number of benzene rings is 1. The van der Waals surface area contributed by atoms with Gasteiger partial charge in [0.1, 0.15) is 11.4 Å². The van der Waals surface area contributed by atoms with Crippen LogP contribution in [0.4, 0.5) is 0 Å². The molecule has 3 aliphatic heterocycles. The molecule has 132 valence electrons. The standard InChI is InChI=1S/C20H30N2O2/c1-20(2)11-16-10-15(6-7-19(16)24-20)12-21-13-17(18(23)14-21)22-8-4-3-5-9-22/h6-7,10,17-18,23H,3-5,8-9,11-14H2,1-2H3. The van der Waals surface area contributed by atoms with Crippen molar-refractivity contribution in [3.8, 4) is 5.75 Å². The predicted octanol–water partition coefficient (Wildman–Crippen LogP) is 2.43. The van der Waals surface area contributed by atoms with E-state index >= 15 is 0 Å². The van der Waals surface area contributed by atoms with Crippen LogP contribution in [0.1, 0.15) is 44.2 Å². The first-order valence-corrected chi connectivity index (χ1v) is 9.45. The highest BCUT2D eigenvalue weighted by Crippen LogP contribution is 2.35. The van der Waals surface area contributed by atoms with Crippen LogP contribution in [-0.4, -0.2) is 58.8 Å². The van der Waals surface area contributed by atoms with Gasteiger partial charge >= 0.3 is 0 Å². The number of piperidine rings is 1. The van der Waals surface area contributed by atoms with Gasteiger partial charge in [0.15, 0.2) is 0 Å². The van der Waals surface area contributed by atoms with Crippen LogP contribution in [0.15, 0.2) is 18.2 Å². The molecule has 0 bridgehead atoms. The lowest BCUT2D eigenvalue weighted by Gasteiger charge is -2.33. The third kappa shape index (κ3) is 3.32. The van der Waals surface area contributed by atoms with E-state index in [1.165, 1.54) is 30.4 Å². The highest BCUT2D eigenvalue weighted by molar-refractivity contribution is 5.41. The average Bonchev–Trinajstić information content (AvgIpc) is 3.05. The molecular weight excluding hydrogens is 300 g/mol. The summed E-state index contributed by atoms with van der Waals surface area (Å²) in [5.41, 5.74) is 2.58. The Morgan fingerprint density at radius 3 is 2.75 bits per heavy atom. The van der Waals surface area contributed by atoms with Gasteiger partial charge in [-0.2, -0.15) is 0 Å². The molecule has 4 rings (SSSR count). The van der Waals surface area contributed by atoms with E-state index in [0.29, 0.717) is 6.04 Å². The summed E-state index contributed by atoms with van der Waals surface area (Å²) < 4.78 is 5.97. The van der Waals surface area contributed by atoms with Gasteiger partial charge < -0.3 is 9.84 Å². The lowest BCUT2D eigenvalue weighted by atomic mass is 10.00. The second-order valence-corrected chi connectivity index (χ2v) is 8.41. The van der Waals surface area contributed by atoms with E-state index in [1.807, 2.05) is 0 Å². The number of fused-ring (bicyclic) bond motifs is 1. The van der Waals surface area contributed by atoms with Crippen LogP contribution >= 0.6 is 0 Å². The van der Waals surface area contributed by atoms with E-state index in [-0.39, 0.29) is 11.7 Å². The van der Waals surface area contributed by atoms with Gasteiger partial charge in [-0.3, -0.25) is 9.80 Å². The zero-order chi connectivity index (χ0) is 16.7. The topological polar surface area (TPSA) is 35.9 Å². The number of β-amino-alcohol motifs (C(OH)–C–C–N with tert-alkyl or cyclic N) is 1. The van der Waals surface area contributed by atoms with Crippen molar-refractivity contribution in [3.63, 3.8) is 0 Å². The molecule has 2 unspecified atom stereocenters. The largest absolute Gasteiger partial charge is 0.487 e. The molecule has 0 aromatic heterocycles. The van der Waals surface area contributed by atoms with E-state index < -0.39 is 0 Å². The SMILES string of the molecule is CC1(C)Cc2cc(CN3CC(O)C(N4CCCCC4)C3)ccc2O1. The summed E-state index contributed by atoms with van der Waals surface area (Å²) in [7, 11) is 0. The smallest absolute Gasteiger partial charge is 0.123 e. The molecule has 4 nitrogen and oxygen atoms in total. The fourth-order valence-electron chi connectivity index (χ4n) is 4.60. The molecule has 4 heteroatoms. The molecule has 1 N–H and O–H groups in total. The van der Waals surface area contributed by atoms with Crippen LogP contribution < -0.4 is 4.74 Å². The molecule has 0 amide bonds. The Labute approximate surface area is 145 Å². The van der Waals surface area contributed by atoms with Crippen LogP contribution in [0.3, 0.4) is 0 Å². The minimum Gasteiger partial charge on any atom is -0.487 e. The van der Waals surface area contributed by atoms with Crippen LogP contribution in [0.25, 0.3) is 0 Å². The van der Waals surface area contributed by atoms with Gasteiger partial charge in [0.2, 0.25) is 0 Å². The summed E-state index contributed by atoms with van der Waals surface area (Å²) in [6.07, 6.45) is 4.68. The first-order chi connectivity index (χ1) is 11.5. The number of nitrogens with zero attached hydrogens (tertiary/aromatic N) is 2. The number of rotatable bonds is 3. The molecule has 1 aromatic rings. The number of hydrogen-bond donors (Lipinski definition) is 1. The summed E-state index contributed by atoms with van der Waals surface area (Å²) in [6.45, 7) is 9.30. The number of ether oxygens (including phenoxy) is 1. The Balaban J connectivity index is 1.40. The zero-order valence-corrected chi connectivity index (χ0v) is 15.0. The van der Waals surface area contributed by atoms with Crippen molar-refractivity contribution in [1.82, 2.24) is 9.80 Å². The van der Waals surface area contributed by atoms with Gasteiger partial charge in [-0.25, -0.2) is 0 Å². The van der Waals surface area contributed by atoms with E-state index in [4.69, 9.17) is 4.74 Å². The molecule has 1 aromatic carbocycles. The monoisotopic (exact) mass is 330 g/mol. The number of hydrogen-bond acceptors (Lipinski definition) is 4. The molecule has 2 atom stereocenters. The van der Waals surface area contributed by atoms with Gasteiger partial charge in [-0.15, -0.1) is 0 Å². The van der Waals surface area contributed by atoms with Crippen molar-refractivity contribution < 1.29 is 9.84 Å². The Kier molecular flexibility index (Phi) is 4.31. The van der Waals surface area contributed by atoms with Gasteiger partial charge in [0, 0.05) is 32.1 Å². The maximum absolute atomic E-state index is 10.5. The van der Waals surface area contributed by atoms with Crippen molar-refractivity contribution in [3.05, 3.63) is 29.3 Å². The third-order valence-electron chi connectivity index (χ3n) is 5.73. The number of aliphatic hydroxyl groups excluding tert-OH is 1. The van der Waals surface area contributed by atoms with Crippen molar-refractivity contribution in [2.24, 2.45) is 0 Å². The Bertz CT molecular complexity index is 595. The molecule has 0 spiro atoms. The van der Waals surface area contributed by atoms with Gasteiger partial charge in [-0.05, 0) is 57.0 Å². The highest BCUT2D eigenvalue weighted by Gasteiger charge is 2.36. The Morgan fingerprint density at radius 2 is 1.96 bits per heavy atom. The van der Waals surface area contributed by atoms with Crippen LogP contribution in [0.2, 0.25) is 0 Å². The summed E-state index contributed by atoms with van der Waals surface area (Å²) in [6, 6.07) is 6.92. The van der Waals surface area contributed by atoms with Crippen molar-refractivity contribution in [1.29, 1.82) is 0 Å². The molecular formula is C20H30N2O2. The molecule has 2 fully saturated rings. The summed E-state index contributed by atoms with van der Waals surface area (Å²) >= 11 is 0. The van der Waals surface area contributed by atoms with Crippen LogP contribution in [0.5, 0.6) is 5.75 Å². The second kappa shape index (κ2) is 6.32. The molecule has 0 saturated carbocycles. The van der Waals surface area contributed by atoms with Gasteiger partial charge in [0.25, 0.3) is 0 Å². The minimum atomic E-state index is -0.209. The molecule has 2 saturated heterocycles. The fourth-order valence-corrected chi connectivity index (χ4v) is 4.60. The number of aliphatic hydroxyl groups is 1. The van der Waals surface area contributed by atoms with Crippen molar-refractivity contribution in [2.45, 2.75) is 63.8 Å². The van der Waals surface area contributed by atoms with E-state index in [1.54, 1.807) is 0 Å². The number of likely N-dealkylation sites (tertiary alicyclic amines) is 2. The minimum absolute atomic E-state index is 0.0792.